The molecule has 1 heterocycles. The highest BCUT2D eigenvalue weighted by Crippen LogP contribution is 2.16. The second-order valence-corrected chi connectivity index (χ2v) is 5.66. The summed E-state index contributed by atoms with van der Waals surface area (Å²) in [4.78, 5) is 22.6. The van der Waals surface area contributed by atoms with Gasteiger partial charge < -0.3 is 10.1 Å². The molecule has 1 aromatic rings. The Morgan fingerprint density at radius 1 is 1.60 bits per heavy atom. The molecule has 0 saturated heterocycles. The van der Waals surface area contributed by atoms with Crippen molar-refractivity contribution in [2.75, 3.05) is 7.11 Å². The fourth-order valence-corrected chi connectivity index (χ4v) is 2.27. The van der Waals surface area contributed by atoms with Crippen molar-refractivity contribution in [1.29, 1.82) is 0 Å². The van der Waals surface area contributed by atoms with E-state index in [0.29, 0.717) is 5.56 Å². The molecule has 6 heteroatoms. The average molecular weight is 339 g/mol. The smallest absolute Gasteiger partial charge is 0.328 e. The molecule has 0 aromatic carbocycles. The van der Waals surface area contributed by atoms with Gasteiger partial charge in [-0.15, -0.1) is 11.3 Å². The van der Waals surface area contributed by atoms with Crippen LogP contribution >= 0.6 is 33.9 Å². The number of nitrogens with one attached hydrogen (secondary N) is 1. The van der Waals surface area contributed by atoms with Crippen LogP contribution in [-0.4, -0.2) is 25.0 Å². The Labute approximate surface area is 105 Å². The quantitative estimate of drug-likeness (QED) is 0.673. The SMILES string of the molecule is COC(=O)[C@H](C)NC(=O)c1csc(I)c1. The Balaban J connectivity index is 2.60. The molecule has 0 bridgehead atoms. The van der Waals surface area contributed by atoms with Crippen molar-refractivity contribution >= 4 is 45.8 Å². The highest BCUT2D eigenvalue weighted by molar-refractivity contribution is 14.1. The van der Waals surface area contributed by atoms with E-state index in [1.807, 2.05) is 0 Å². The van der Waals surface area contributed by atoms with Crippen LogP contribution in [0.2, 0.25) is 0 Å². The summed E-state index contributed by atoms with van der Waals surface area (Å²) in [6, 6.07) is 1.14. The van der Waals surface area contributed by atoms with E-state index in [2.05, 4.69) is 32.6 Å². The number of rotatable bonds is 3. The van der Waals surface area contributed by atoms with Crippen molar-refractivity contribution < 1.29 is 14.3 Å². The highest BCUT2D eigenvalue weighted by atomic mass is 127. The molecular formula is C9H10INO3S. The van der Waals surface area contributed by atoms with E-state index in [1.165, 1.54) is 18.4 Å². The van der Waals surface area contributed by atoms with E-state index in [9.17, 15) is 9.59 Å². The fraction of sp³-hybridized carbons (Fsp3) is 0.333. The molecule has 0 spiro atoms. The molecule has 82 valence electrons. The second kappa shape index (κ2) is 5.45. The molecule has 0 aliphatic carbocycles. The number of hydrogen-bond donors (Lipinski definition) is 1. The van der Waals surface area contributed by atoms with Crippen LogP contribution in [0.15, 0.2) is 11.4 Å². The van der Waals surface area contributed by atoms with Crippen molar-refractivity contribution in [3.63, 3.8) is 0 Å². The molecule has 1 atom stereocenters. The lowest BCUT2D eigenvalue weighted by molar-refractivity contribution is -0.142. The number of carbonyl (C=O) groups excluding carboxylic acids is 2. The van der Waals surface area contributed by atoms with Gasteiger partial charge >= 0.3 is 5.97 Å². The number of amides is 1. The van der Waals surface area contributed by atoms with E-state index in [1.54, 1.807) is 18.4 Å². The van der Waals surface area contributed by atoms with Gasteiger partial charge in [0.15, 0.2) is 0 Å². The Bertz CT molecular complexity index is 377. The number of thiophene rings is 1. The van der Waals surface area contributed by atoms with Gasteiger partial charge in [-0.05, 0) is 35.6 Å². The molecule has 0 fully saturated rings. The third-order valence-electron chi connectivity index (χ3n) is 1.73. The van der Waals surface area contributed by atoms with Crippen LogP contribution in [0.4, 0.5) is 0 Å². The van der Waals surface area contributed by atoms with Gasteiger partial charge in [-0.1, -0.05) is 0 Å². The molecular weight excluding hydrogens is 329 g/mol. The fourth-order valence-electron chi connectivity index (χ4n) is 0.945. The first-order valence-corrected chi connectivity index (χ1v) is 6.13. The topological polar surface area (TPSA) is 55.4 Å². The number of carbonyl (C=O) groups is 2. The molecule has 0 saturated carbocycles. The highest BCUT2D eigenvalue weighted by Gasteiger charge is 2.17. The summed E-state index contributed by atoms with van der Waals surface area (Å²) in [5, 5.41) is 4.30. The summed E-state index contributed by atoms with van der Waals surface area (Å²) >= 11 is 3.62. The number of hydrogen-bond acceptors (Lipinski definition) is 4. The number of esters is 1. The first kappa shape index (κ1) is 12.4. The molecule has 0 unspecified atom stereocenters. The van der Waals surface area contributed by atoms with Gasteiger partial charge in [0.1, 0.15) is 6.04 Å². The Kier molecular flexibility index (Phi) is 4.52. The molecule has 1 aromatic heterocycles. The van der Waals surface area contributed by atoms with Gasteiger partial charge in [0, 0.05) is 5.38 Å². The summed E-state index contributed by atoms with van der Waals surface area (Å²) in [7, 11) is 1.29. The second-order valence-electron chi connectivity index (χ2n) is 2.86. The summed E-state index contributed by atoms with van der Waals surface area (Å²) in [6.07, 6.45) is 0. The maximum Gasteiger partial charge on any atom is 0.328 e. The lowest BCUT2D eigenvalue weighted by Gasteiger charge is -2.10. The van der Waals surface area contributed by atoms with Crippen LogP contribution in [0.1, 0.15) is 17.3 Å². The largest absolute Gasteiger partial charge is 0.467 e. The summed E-state index contributed by atoms with van der Waals surface area (Å²) < 4.78 is 5.53. The minimum absolute atomic E-state index is 0.257. The van der Waals surface area contributed by atoms with Crippen LogP contribution in [-0.2, 0) is 9.53 Å². The third kappa shape index (κ3) is 3.45. The van der Waals surface area contributed by atoms with Crippen LogP contribution in [0.3, 0.4) is 0 Å². The van der Waals surface area contributed by atoms with Crippen LogP contribution in [0, 0.1) is 2.88 Å². The molecule has 4 nitrogen and oxygen atoms in total. The minimum atomic E-state index is -0.625. The van der Waals surface area contributed by atoms with Crippen molar-refractivity contribution in [2.24, 2.45) is 0 Å². The van der Waals surface area contributed by atoms with Gasteiger partial charge in [0.05, 0.1) is 15.6 Å². The molecule has 15 heavy (non-hydrogen) atoms. The zero-order valence-corrected chi connectivity index (χ0v) is 11.2. The first-order valence-electron chi connectivity index (χ1n) is 4.17. The molecule has 1 amide bonds. The van der Waals surface area contributed by atoms with E-state index < -0.39 is 12.0 Å². The molecule has 1 rings (SSSR count). The Morgan fingerprint density at radius 2 is 2.27 bits per heavy atom. The van der Waals surface area contributed by atoms with Crippen LogP contribution < -0.4 is 5.32 Å². The average Bonchev–Trinajstić information content (AvgIpc) is 2.63. The van der Waals surface area contributed by atoms with Gasteiger partial charge in [-0.2, -0.15) is 0 Å². The molecule has 0 radical (unpaired) electrons. The lowest BCUT2D eigenvalue weighted by Crippen LogP contribution is -2.38. The Morgan fingerprint density at radius 3 is 2.73 bits per heavy atom. The molecule has 1 N–H and O–H groups in total. The van der Waals surface area contributed by atoms with Gasteiger partial charge in [0.25, 0.3) is 5.91 Å². The van der Waals surface area contributed by atoms with Crippen molar-refractivity contribution in [3.05, 3.63) is 19.9 Å². The van der Waals surface area contributed by atoms with Gasteiger partial charge in [-0.3, -0.25) is 4.79 Å². The van der Waals surface area contributed by atoms with Gasteiger partial charge in [0.2, 0.25) is 0 Å². The maximum atomic E-state index is 11.6. The van der Waals surface area contributed by atoms with Crippen molar-refractivity contribution in [2.45, 2.75) is 13.0 Å². The zero-order chi connectivity index (χ0) is 11.4. The van der Waals surface area contributed by atoms with E-state index in [0.717, 1.165) is 2.88 Å². The maximum absolute atomic E-state index is 11.6. The first-order chi connectivity index (χ1) is 7.04. The number of halogens is 1. The van der Waals surface area contributed by atoms with Gasteiger partial charge in [-0.25, -0.2) is 4.79 Å². The predicted molar refractivity (Wildman–Crippen MR) is 66.0 cm³/mol. The zero-order valence-electron chi connectivity index (χ0n) is 8.24. The Hall–Kier alpha value is -0.630. The van der Waals surface area contributed by atoms with Crippen LogP contribution in [0.5, 0.6) is 0 Å². The summed E-state index contributed by atoms with van der Waals surface area (Å²) in [5.74, 6) is -0.708. The summed E-state index contributed by atoms with van der Waals surface area (Å²) in [6.45, 7) is 1.58. The standard InChI is InChI=1S/C9H10INO3S/c1-5(9(13)14-2)11-8(12)6-3-7(10)15-4-6/h3-5H,1-2H3,(H,11,12)/t5-/m0/s1. The van der Waals surface area contributed by atoms with Crippen molar-refractivity contribution in [1.82, 2.24) is 5.32 Å². The number of methoxy groups -OCH3 is 1. The summed E-state index contributed by atoms with van der Waals surface area (Å²) in [5.41, 5.74) is 0.570. The molecule has 0 aliphatic rings. The monoisotopic (exact) mass is 339 g/mol. The predicted octanol–water partition coefficient (Wildman–Crippen LogP) is 1.64. The minimum Gasteiger partial charge on any atom is -0.467 e. The third-order valence-corrected chi connectivity index (χ3v) is 3.52. The van der Waals surface area contributed by atoms with Crippen molar-refractivity contribution in [3.8, 4) is 0 Å². The number of ether oxygens (including phenoxy) is 1. The molecule has 0 aliphatic heterocycles. The lowest BCUT2D eigenvalue weighted by atomic mass is 10.3. The normalized spacial score (nSPS) is 11.9. The van der Waals surface area contributed by atoms with Crippen LogP contribution in [0.25, 0.3) is 0 Å². The van der Waals surface area contributed by atoms with E-state index in [4.69, 9.17) is 0 Å². The van der Waals surface area contributed by atoms with E-state index in [-0.39, 0.29) is 5.91 Å². The van der Waals surface area contributed by atoms with E-state index >= 15 is 0 Å².